The van der Waals surface area contributed by atoms with Crippen molar-refractivity contribution in [3.05, 3.63) is 34.9 Å². The van der Waals surface area contributed by atoms with E-state index in [-0.39, 0.29) is 0 Å². The third kappa shape index (κ3) is 3.70. The first-order valence-corrected chi connectivity index (χ1v) is 6.64. The predicted octanol–water partition coefficient (Wildman–Crippen LogP) is 4.12. The monoisotopic (exact) mass is 243 g/mol. The molecule has 2 heteroatoms. The maximum absolute atomic E-state index is 11.6. The number of rotatable bonds is 6. The van der Waals surface area contributed by atoms with Gasteiger partial charge in [-0.1, -0.05) is 32.4 Å². The molecule has 0 bridgehead atoms. The Morgan fingerprint density at radius 1 is 1.39 bits per heavy atom. The van der Waals surface area contributed by atoms with Crippen molar-refractivity contribution >= 4 is 5.78 Å². The van der Waals surface area contributed by atoms with E-state index in [1.54, 1.807) is 0 Å². The number of nitrogens with zero attached hydrogens (tertiary/aromatic N) is 1. The minimum absolute atomic E-state index is 0.300. The molecule has 1 aromatic rings. The van der Waals surface area contributed by atoms with Gasteiger partial charge in [-0.2, -0.15) is 5.26 Å². The van der Waals surface area contributed by atoms with E-state index in [9.17, 15) is 4.79 Å². The van der Waals surface area contributed by atoms with E-state index in [1.807, 2.05) is 26.0 Å². The quantitative estimate of drug-likeness (QED) is 0.754. The number of carbonyl (C=O) groups is 1. The van der Waals surface area contributed by atoms with Crippen LogP contribution in [0.3, 0.4) is 0 Å². The molecule has 1 aromatic carbocycles. The lowest BCUT2D eigenvalue weighted by Crippen LogP contribution is -2.06. The smallest absolute Gasteiger partial charge is 0.133 e. The molecule has 0 radical (unpaired) electrons. The number of aryl methyl sites for hydroxylation is 1. The first-order chi connectivity index (χ1) is 8.62. The van der Waals surface area contributed by atoms with E-state index in [4.69, 9.17) is 5.26 Å². The van der Waals surface area contributed by atoms with Gasteiger partial charge in [-0.25, -0.2) is 0 Å². The first kappa shape index (κ1) is 14.4. The van der Waals surface area contributed by atoms with E-state index < -0.39 is 0 Å². The summed E-state index contributed by atoms with van der Waals surface area (Å²) in [5, 5.41) is 8.93. The fourth-order valence-electron chi connectivity index (χ4n) is 2.22. The zero-order valence-electron chi connectivity index (χ0n) is 11.5. The number of carbonyl (C=O) groups excluding carboxylic acids is 1. The van der Waals surface area contributed by atoms with Crippen LogP contribution < -0.4 is 0 Å². The molecule has 0 N–H and O–H groups in total. The van der Waals surface area contributed by atoms with Crippen LogP contribution in [0.2, 0.25) is 0 Å². The van der Waals surface area contributed by atoms with Gasteiger partial charge in [0, 0.05) is 12.8 Å². The van der Waals surface area contributed by atoms with Crippen LogP contribution in [0.5, 0.6) is 0 Å². The third-order valence-electron chi connectivity index (χ3n) is 3.35. The zero-order chi connectivity index (χ0) is 13.5. The molecule has 0 aromatic heterocycles. The lowest BCUT2D eigenvalue weighted by Gasteiger charge is -2.16. The summed E-state index contributed by atoms with van der Waals surface area (Å²) >= 11 is 0. The zero-order valence-corrected chi connectivity index (χ0v) is 11.5. The van der Waals surface area contributed by atoms with E-state index in [1.165, 1.54) is 5.56 Å². The summed E-state index contributed by atoms with van der Waals surface area (Å²) in [4.78, 5) is 11.6. The van der Waals surface area contributed by atoms with Crippen molar-refractivity contribution in [2.45, 2.75) is 52.4 Å². The van der Waals surface area contributed by atoms with Gasteiger partial charge in [0.25, 0.3) is 0 Å². The maximum atomic E-state index is 11.6. The molecular weight excluding hydrogens is 222 g/mol. The Hall–Kier alpha value is -1.62. The average Bonchev–Trinajstić information content (AvgIpc) is 2.38. The molecule has 0 heterocycles. The van der Waals surface area contributed by atoms with E-state index in [0.717, 1.165) is 24.0 Å². The third-order valence-corrected chi connectivity index (χ3v) is 3.35. The summed E-state index contributed by atoms with van der Waals surface area (Å²) in [7, 11) is 0. The summed E-state index contributed by atoms with van der Waals surface area (Å²) in [5.74, 6) is 0.615. The topological polar surface area (TPSA) is 40.9 Å². The molecule has 0 saturated heterocycles. The first-order valence-electron chi connectivity index (χ1n) is 6.64. The van der Waals surface area contributed by atoms with Gasteiger partial charge in [0.15, 0.2) is 0 Å². The van der Waals surface area contributed by atoms with Crippen molar-refractivity contribution < 1.29 is 4.79 Å². The number of hydrogen-bond acceptors (Lipinski definition) is 2. The second kappa shape index (κ2) is 6.96. The van der Waals surface area contributed by atoms with Gasteiger partial charge in [-0.3, -0.25) is 4.79 Å². The molecule has 1 atom stereocenters. The predicted molar refractivity (Wildman–Crippen MR) is 73.5 cm³/mol. The molecule has 0 aliphatic carbocycles. The standard InChI is InChI=1S/C16H21NO/c1-4-6-13(10-16(18)5-2)14-7-8-15(11-17)12(3)9-14/h7-9,13H,4-6,10H2,1-3H3. The Labute approximate surface area is 110 Å². The molecule has 0 aliphatic heterocycles. The van der Waals surface area contributed by atoms with E-state index in [0.29, 0.717) is 24.5 Å². The van der Waals surface area contributed by atoms with Gasteiger partial charge < -0.3 is 0 Å². The molecule has 0 saturated carbocycles. The fraction of sp³-hybridized carbons (Fsp3) is 0.500. The summed E-state index contributed by atoms with van der Waals surface area (Å²) in [6.07, 6.45) is 3.32. The molecular formula is C16H21NO. The van der Waals surface area contributed by atoms with Crippen LogP contribution in [0.4, 0.5) is 0 Å². The highest BCUT2D eigenvalue weighted by molar-refractivity contribution is 5.78. The Kier molecular flexibility index (Phi) is 5.58. The van der Waals surface area contributed by atoms with Gasteiger partial charge in [0.05, 0.1) is 11.6 Å². The Bertz CT molecular complexity index is 457. The molecule has 0 spiro atoms. The largest absolute Gasteiger partial charge is 0.300 e. The molecule has 0 amide bonds. The number of benzene rings is 1. The SMILES string of the molecule is CCCC(CC(=O)CC)c1ccc(C#N)c(C)c1. The van der Waals surface area contributed by atoms with Crippen molar-refractivity contribution in [1.29, 1.82) is 5.26 Å². The average molecular weight is 243 g/mol. The summed E-state index contributed by atoms with van der Waals surface area (Å²) in [6, 6.07) is 8.10. The van der Waals surface area contributed by atoms with Crippen molar-refractivity contribution in [2.24, 2.45) is 0 Å². The molecule has 96 valence electrons. The lowest BCUT2D eigenvalue weighted by molar-refractivity contribution is -0.119. The highest BCUT2D eigenvalue weighted by Gasteiger charge is 2.15. The normalized spacial score (nSPS) is 11.9. The van der Waals surface area contributed by atoms with Crippen LogP contribution in [-0.4, -0.2) is 5.78 Å². The fourth-order valence-corrected chi connectivity index (χ4v) is 2.22. The van der Waals surface area contributed by atoms with E-state index >= 15 is 0 Å². The highest BCUT2D eigenvalue weighted by atomic mass is 16.1. The van der Waals surface area contributed by atoms with Crippen molar-refractivity contribution in [1.82, 2.24) is 0 Å². The van der Waals surface area contributed by atoms with Crippen LogP contribution in [0.15, 0.2) is 18.2 Å². The number of hydrogen-bond donors (Lipinski definition) is 0. The molecule has 18 heavy (non-hydrogen) atoms. The minimum atomic E-state index is 0.300. The lowest BCUT2D eigenvalue weighted by atomic mass is 9.88. The summed E-state index contributed by atoms with van der Waals surface area (Å²) in [6.45, 7) is 6.00. The van der Waals surface area contributed by atoms with Crippen molar-refractivity contribution in [2.75, 3.05) is 0 Å². The Balaban J connectivity index is 2.95. The van der Waals surface area contributed by atoms with Gasteiger partial charge in [-0.15, -0.1) is 0 Å². The summed E-state index contributed by atoms with van der Waals surface area (Å²) < 4.78 is 0. The molecule has 2 nitrogen and oxygen atoms in total. The second-order valence-electron chi connectivity index (χ2n) is 4.77. The van der Waals surface area contributed by atoms with E-state index in [2.05, 4.69) is 19.1 Å². The maximum Gasteiger partial charge on any atom is 0.133 e. The van der Waals surface area contributed by atoms with Crippen LogP contribution in [0.25, 0.3) is 0 Å². The number of Topliss-reactive ketones (excluding diaryl/α,β-unsaturated/α-hetero) is 1. The molecule has 1 unspecified atom stereocenters. The Morgan fingerprint density at radius 2 is 2.11 bits per heavy atom. The Morgan fingerprint density at radius 3 is 2.61 bits per heavy atom. The van der Waals surface area contributed by atoms with Gasteiger partial charge in [0.1, 0.15) is 5.78 Å². The summed E-state index contributed by atoms with van der Waals surface area (Å²) in [5.41, 5.74) is 2.91. The van der Waals surface area contributed by atoms with Gasteiger partial charge >= 0.3 is 0 Å². The minimum Gasteiger partial charge on any atom is -0.300 e. The van der Waals surface area contributed by atoms with Crippen molar-refractivity contribution in [3.8, 4) is 6.07 Å². The van der Waals surface area contributed by atoms with Crippen LogP contribution in [0, 0.1) is 18.3 Å². The van der Waals surface area contributed by atoms with Crippen LogP contribution in [0.1, 0.15) is 62.1 Å². The van der Waals surface area contributed by atoms with Gasteiger partial charge in [0.2, 0.25) is 0 Å². The number of ketones is 1. The van der Waals surface area contributed by atoms with Gasteiger partial charge in [-0.05, 0) is 36.5 Å². The van der Waals surface area contributed by atoms with Crippen molar-refractivity contribution in [3.63, 3.8) is 0 Å². The molecule has 0 fully saturated rings. The van der Waals surface area contributed by atoms with Crippen LogP contribution in [-0.2, 0) is 4.79 Å². The molecule has 0 aliphatic rings. The second-order valence-corrected chi connectivity index (χ2v) is 4.77. The molecule has 1 rings (SSSR count). The van der Waals surface area contributed by atoms with Crippen LogP contribution >= 0.6 is 0 Å². The number of nitriles is 1. The highest BCUT2D eigenvalue weighted by Crippen LogP contribution is 2.27.